The quantitative estimate of drug-likeness (QED) is 0.918. The molecule has 0 saturated carbocycles. The van der Waals surface area contributed by atoms with Crippen molar-refractivity contribution in [3.63, 3.8) is 0 Å². The van der Waals surface area contributed by atoms with Crippen LogP contribution in [0.25, 0.3) is 0 Å². The first-order valence-electron chi connectivity index (χ1n) is 6.06. The first-order valence-corrected chi connectivity index (χ1v) is 7.59. The number of hydrogen-bond donors (Lipinski definition) is 1. The van der Waals surface area contributed by atoms with Crippen LogP contribution in [0, 0.1) is 0 Å². The van der Waals surface area contributed by atoms with Crippen molar-refractivity contribution in [3.8, 4) is 0 Å². The third-order valence-corrected chi connectivity index (χ3v) is 4.08. The van der Waals surface area contributed by atoms with E-state index in [2.05, 4.69) is 5.32 Å². The van der Waals surface area contributed by atoms with Crippen LogP contribution in [0.3, 0.4) is 0 Å². The topological polar surface area (TPSA) is 32.3 Å². The third-order valence-electron chi connectivity index (χ3n) is 2.85. The number of thioether (sulfide) groups is 1. The second kappa shape index (κ2) is 7.02. The molecule has 0 aliphatic carbocycles. The number of hydrogen-bond acceptors (Lipinski definition) is 3. The van der Waals surface area contributed by atoms with E-state index in [4.69, 9.17) is 11.6 Å². The predicted molar refractivity (Wildman–Crippen MR) is 77.1 cm³/mol. The average molecular weight is 285 g/mol. The van der Waals surface area contributed by atoms with Gasteiger partial charge >= 0.3 is 0 Å². The fraction of sp³-hybridized carbons (Fsp3) is 0.462. The van der Waals surface area contributed by atoms with E-state index in [-0.39, 0.29) is 5.91 Å². The fourth-order valence-corrected chi connectivity index (χ4v) is 2.98. The number of nitrogens with one attached hydrogen (secondary N) is 1. The van der Waals surface area contributed by atoms with Crippen LogP contribution in [0.5, 0.6) is 0 Å². The van der Waals surface area contributed by atoms with Gasteiger partial charge in [0.25, 0.3) is 0 Å². The van der Waals surface area contributed by atoms with Gasteiger partial charge in [-0.1, -0.05) is 23.7 Å². The zero-order chi connectivity index (χ0) is 12.8. The van der Waals surface area contributed by atoms with Crippen LogP contribution in [0.1, 0.15) is 5.56 Å². The van der Waals surface area contributed by atoms with Gasteiger partial charge in [0.05, 0.1) is 5.75 Å². The molecule has 18 heavy (non-hydrogen) atoms. The first kappa shape index (κ1) is 13.7. The molecule has 98 valence electrons. The largest absolute Gasteiger partial charge is 0.339 e. The van der Waals surface area contributed by atoms with E-state index in [9.17, 15) is 4.79 Å². The van der Waals surface area contributed by atoms with E-state index >= 15 is 0 Å². The lowest BCUT2D eigenvalue weighted by atomic mass is 10.2. The van der Waals surface area contributed by atoms with Crippen LogP contribution >= 0.6 is 23.4 Å². The molecule has 1 N–H and O–H groups in total. The molecule has 5 heteroatoms. The van der Waals surface area contributed by atoms with Crippen LogP contribution in [-0.4, -0.2) is 42.7 Å². The number of amides is 1. The average Bonchev–Trinajstić information content (AvgIpc) is 2.40. The number of rotatable bonds is 4. The van der Waals surface area contributed by atoms with Crippen molar-refractivity contribution in [2.45, 2.75) is 5.75 Å². The highest BCUT2D eigenvalue weighted by atomic mass is 35.5. The normalized spacial score (nSPS) is 15.7. The number of piperazine rings is 1. The Morgan fingerprint density at radius 1 is 1.39 bits per heavy atom. The SMILES string of the molecule is O=C(CSCc1cccc(Cl)c1)N1CCNCC1. The Kier molecular flexibility index (Phi) is 5.35. The van der Waals surface area contributed by atoms with Crippen molar-refractivity contribution in [3.05, 3.63) is 34.9 Å². The molecule has 1 aliphatic heterocycles. The van der Waals surface area contributed by atoms with Crippen molar-refractivity contribution in [2.24, 2.45) is 0 Å². The molecule has 0 aromatic heterocycles. The molecular formula is C13H17ClN2OS. The number of carbonyl (C=O) groups is 1. The highest BCUT2D eigenvalue weighted by Gasteiger charge is 2.15. The first-order chi connectivity index (χ1) is 8.75. The summed E-state index contributed by atoms with van der Waals surface area (Å²) in [6, 6.07) is 7.79. The Morgan fingerprint density at radius 2 is 2.17 bits per heavy atom. The van der Waals surface area contributed by atoms with Crippen molar-refractivity contribution >= 4 is 29.3 Å². The molecule has 1 heterocycles. The fourth-order valence-electron chi connectivity index (χ4n) is 1.89. The van der Waals surface area contributed by atoms with Crippen molar-refractivity contribution in [1.82, 2.24) is 10.2 Å². The summed E-state index contributed by atoms with van der Waals surface area (Å²) in [6.45, 7) is 3.47. The van der Waals surface area contributed by atoms with Crippen LogP contribution in [-0.2, 0) is 10.5 Å². The molecule has 0 radical (unpaired) electrons. The summed E-state index contributed by atoms with van der Waals surface area (Å²) in [4.78, 5) is 13.8. The van der Waals surface area contributed by atoms with Crippen LogP contribution < -0.4 is 5.32 Å². The summed E-state index contributed by atoms with van der Waals surface area (Å²) in [5.41, 5.74) is 1.17. The van der Waals surface area contributed by atoms with Gasteiger partial charge < -0.3 is 10.2 Å². The molecule has 1 aromatic carbocycles. The molecule has 0 bridgehead atoms. The summed E-state index contributed by atoms with van der Waals surface area (Å²) >= 11 is 7.56. The van der Waals surface area contributed by atoms with Gasteiger partial charge in [-0.2, -0.15) is 0 Å². The zero-order valence-corrected chi connectivity index (χ0v) is 11.8. The molecule has 2 rings (SSSR count). The summed E-state index contributed by atoms with van der Waals surface area (Å²) < 4.78 is 0. The lowest BCUT2D eigenvalue weighted by Crippen LogP contribution is -2.47. The van der Waals surface area contributed by atoms with E-state index in [1.54, 1.807) is 11.8 Å². The number of carbonyl (C=O) groups excluding carboxylic acids is 1. The van der Waals surface area contributed by atoms with Crippen molar-refractivity contribution in [1.29, 1.82) is 0 Å². The standard InChI is InChI=1S/C13H17ClN2OS/c14-12-3-1-2-11(8-12)9-18-10-13(17)16-6-4-15-5-7-16/h1-3,8,15H,4-7,9-10H2. The molecule has 0 spiro atoms. The number of nitrogens with zero attached hydrogens (tertiary/aromatic N) is 1. The Labute approximate surface area is 117 Å². The second-order valence-corrected chi connectivity index (χ2v) is 5.68. The second-order valence-electron chi connectivity index (χ2n) is 4.25. The summed E-state index contributed by atoms with van der Waals surface area (Å²) in [5, 5.41) is 3.99. The van der Waals surface area contributed by atoms with Gasteiger partial charge in [0.2, 0.25) is 5.91 Å². The lowest BCUT2D eigenvalue weighted by molar-refractivity contribution is -0.128. The Bertz CT molecular complexity index is 408. The van der Waals surface area contributed by atoms with E-state index < -0.39 is 0 Å². The molecule has 1 aliphatic rings. The minimum Gasteiger partial charge on any atom is -0.339 e. The van der Waals surface area contributed by atoms with Crippen molar-refractivity contribution in [2.75, 3.05) is 31.9 Å². The van der Waals surface area contributed by atoms with Gasteiger partial charge in [-0.3, -0.25) is 4.79 Å². The number of halogens is 1. The minimum atomic E-state index is 0.239. The van der Waals surface area contributed by atoms with Crippen LogP contribution in [0.4, 0.5) is 0 Å². The van der Waals surface area contributed by atoms with Crippen LogP contribution in [0.15, 0.2) is 24.3 Å². The Hall–Kier alpha value is -0.710. The Balaban J connectivity index is 1.73. The van der Waals surface area contributed by atoms with Gasteiger partial charge in [-0.25, -0.2) is 0 Å². The van der Waals surface area contributed by atoms with Gasteiger partial charge in [-0.05, 0) is 17.7 Å². The zero-order valence-electron chi connectivity index (χ0n) is 10.2. The highest BCUT2D eigenvalue weighted by molar-refractivity contribution is 7.99. The van der Waals surface area contributed by atoms with Crippen LogP contribution in [0.2, 0.25) is 5.02 Å². The van der Waals surface area contributed by atoms with Gasteiger partial charge in [0.1, 0.15) is 0 Å². The summed E-state index contributed by atoms with van der Waals surface area (Å²) in [7, 11) is 0. The molecule has 1 amide bonds. The van der Waals surface area contributed by atoms with Gasteiger partial charge in [-0.15, -0.1) is 11.8 Å². The third kappa shape index (κ3) is 4.19. The summed E-state index contributed by atoms with van der Waals surface area (Å²) in [6.07, 6.45) is 0. The van der Waals surface area contributed by atoms with E-state index in [1.165, 1.54) is 5.56 Å². The molecule has 0 atom stereocenters. The van der Waals surface area contributed by atoms with E-state index in [1.807, 2.05) is 29.2 Å². The summed E-state index contributed by atoms with van der Waals surface area (Å²) in [5.74, 6) is 1.62. The molecule has 0 unspecified atom stereocenters. The molecule has 1 aromatic rings. The smallest absolute Gasteiger partial charge is 0.232 e. The lowest BCUT2D eigenvalue weighted by Gasteiger charge is -2.27. The minimum absolute atomic E-state index is 0.239. The maximum absolute atomic E-state index is 11.9. The molecule has 3 nitrogen and oxygen atoms in total. The monoisotopic (exact) mass is 284 g/mol. The predicted octanol–water partition coefficient (Wildman–Crippen LogP) is 2.00. The number of benzene rings is 1. The van der Waals surface area contributed by atoms with E-state index in [0.29, 0.717) is 5.75 Å². The van der Waals surface area contributed by atoms with E-state index in [0.717, 1.165) is 37.0 Å². The maximum Gasteiger partial charge on any atom is 0.232 e. The highest BCUT2D eigenvalue weighted by Crippen LogP contribution is 2.16. The Morgan fingerprint density at radius 3 is 2.89 bits per heavy atom. The van der Waals surface area contributed by atoms with Gasteiger partial charge in [0, 0.05) is 37.0 Å². The molecule has 1 fully saturated rings. The van der Waals surface area contributed by atoms with Crippen molar-refractivity contribution < 1.29 is 4.79 Å². The molecular weight excluding hydrogens is 268 g/mol. The van der Waals surface area contributed by atoms with Gasteiger partial charge in [0.15, 0.2) is 0 Å². The maximum atomic E-state index is 11.9. The molecule has 1 saturated heterocycles.